The molecule has 3 rings (SSSR count). The maximum Gasteiger partial charge on any atom is 0.266 e. The lowest BCUT2D eigenvalue weighted by Gasteiger charge is -2.22. The molecule has 2 N–H and O–H groups in total. The average molecular weight is 420 g/mol. The molecular formula is C16H19ClFN3O3S2. The van der Waals surface area contributed by atoms with E-state index in [0.717, 1.165) is 55.9 Å². The normalized spacial score (nSPS) is 15.8. The van der Waals surface area contributed by atoms with Gasteiger partial charge in [0.2, 0.25) is 0 Å². The van der Waals surface area contributed by atoms with Gasteiger partial charge in [-0.3, -0.25) is 4.72 Å². The van der Waals surface area contributed by atoms with Gasteiger partial charge in [0.05, 0.1) is 10.7 Å². The van der Waals surface area contributed by atoms with E-state index < -0.39 is 20.7 Å². The van der Waals surface area contributed by atoms with E-state index in [1.165, 1.54) is 6.20 Å². The maximum absolute atomic E-state index is 14.4. The van der Waals surface area contributed by atoms with Gasteiger partial charge in [0.15, 0.2) is 5.13 Å². The topological polar surface area (TPSA) is 80.3 Å². The lowest BCUT2D eigenvalue weighted by Crippen LogP contribution is -2.18. The minimum atomic E-state index is -4.09. The van der Waals surface area contributed by atoms with Crippen LogP contribution in [0.2, 0.25) is 5.02 Å². The number of thiazole rings is 1. The average Bonchev–Trinajstić information content (AvgIpc) is 3.10. The molecule has 1 aromatic heterocycles. The standard InChI is InChI=1S/C16H19ClFN3O3S2/c17-12-9-15(26(22,23)21-16-20-5-8-25-16)13(18)10-14(12)19-4-1-11-2-6-24-7-3-11/h5,8-11,19H,1-4,6-7H2,(H,20,21). The molecule has 0 radical (unpaired) electrons. The van der Waals surface area contributed by atoms with Crippen LogP contribution in [0, 0.1) is 11.7 Å². The first-order valence-corrected chi connectivity index (χ1v) is 10.9. The second kappa shape index (κ2) is 8.51. The van der Waals surface area contributed by atoms with E-state index in [9.17, 15) is 12.8 Å². The molecule has 0 atom stereocenters. The molecule has 6 nitrogen and oxygen atoms in total. The highest BCUT2D eigenvalue weighted by molar-refractivity contribution is 7.93. The smallest absolute Gasteiger partial charge is 0.266 e. The number of hydrogen-bond donors (Lipinski definition) is 2. The molecule has 0 aliphatic carbocycles. The summed E-state index contributed by atoms with van der Waals surface area (Å²) in [7, 11) is -4.09. The summed E-state index contributed by atoms with van der Waals surface area (Å²) in [5, 5.41) is 5.02. The zero-order valence-corrected chi connectivity index (χ0v) is 16.3. The summed E-state index contributed by atoms with van der Waals surface area (Å²) in [5.41, 5.74) is 0.379. The van der Waals surface area contributed by atoms with Crippen molar-refractivity contribution in [1.82, 2.24) is 4.98 Å². The lowest BCUT2D eigenvalue weighted by atomic mass is 9.97. The Morgan fingerprint density at radius 1 is 1.35 bits per heavy atom. The lowest BCUT2D eigenvalue weighted by molar-refractivity contribution is 0.0649. The van der Waals surface area contributed by atoms with Crippen LogP contribution in [0.5, 0.6) is 0 Å². The van der Waals surface area contributed by atoms with Crippen molar-refractivity contribution < 1.29 is 17.5 Å². The molecule has 1 aromatic carbocycles. The molecule has 2 aromatic rings. The number of aromatic nitrogens is 1. The van der Waals surface area contributed by atoms with Crippen molar-refractivity contribution in [2.75, 3.05) is 29.8 Å². The minimum Gasteiger partial charge on any atom is -0.384 e. The monoisotopic (exact) mass is 419 g/mol. The maximum atomic E-state index is 14.4. The summed E-state index contributed by atoms with van der Waals surface area (Å²) >= 11 is 7.26. The Bertz CT molecular complexity index is 841. The fourth-order valence-electron chi connectivity index (χ4n) is 2.76. The molecular weight excluding hydrogens is 401 g/mol. The summed E-state index contributed by atoms with van der Waals surface area (Å²) in [4.78, 5) is 3.33. The first kappa shape index (κ1) is 19.3. The van der Waals surface area contributed by atoms with E-state index in [-0.39, 0.29) is 10.2 Å². The Kier molecular flexibility index (Phi) is 6.33. The number of anilines is 2. The molecule has 142 valence electrons. The highest BCUT2D eigenvalue weighted by Gasteiger charge is 2.22. The second-order valence-electron chi connectivity index (χ2n) is 5.98. The quantitative estimate of drug-likeness (QED) is 0.709. The fraction of sp³-hybridized carbons (Fsp3) is 0.438. The highest BCUT2D eigenvalue weighted by atomic mass is 35.5. The second-order valence-corrected chi connectivity index (χ2v) is 8.93. The molecule has 0 saturated carbocycles. The van der Waals surface area contributed by atoms with Gasteiger partial charge in [-0.25, -0.2) is 17.8 Å². The van der Waals surface area contributed by atoms with Crippen LogP contribution in [0.3, 0.4) is 0 Å². The van der Waals surface area contributed by atoms with Crippen molar-refractivity contribution in [3.8, 4) is 0 Å². The van der Waals surface area contributed by atoms with Crippen LogP contribution in [0.15, 0.2) is 28.6 Å². The number of ether oxygens (including phenoxy) is 1. The van der Waals surface area contributed by atoms with E-state index in [1.807, 2.05) is 0 Å². The van der Waals surface area contributed by atoms with Gasteiger partial charge in [0.25, 0.3) is 10.0 Å². The van der Waals surface area contributed by atoms with Crippen molar-refractivity contribution in [3.63, 3.8) is 0 Å². The van der Waals surface area contributed by atoms with Gasteiger partial charge >= 0.3 is 0 Å². The number of rotatable bonds is 7. The van der Waals surface area contributed by atoms with Crippen LogP contribution in [0.1, 0.15) is 19.3 Å². The van der Waals surface area contributed by atoms with E-state index in [1.54, 1.807) is 5.38 Å². The zero-order valence-electron chi connectivity index (χ0n) is 13.9. The van der Waals surface area contributed by atoms with Crippen molar-refractivity contribution in [1.29, 1.82) is 0 Å². The number of halogens is 2. The summed E-state index contributed by atoms with van der Waals surface area (Å²) < 4.78 is 46.6. The van der Waals surface area contributed by atoms with Crippen molar-refractivity contribution >= 4 is 43.8 Å². The summed E-state index contributed by atoms with van der Waals surface area (Å²) in [6, 6.07) is 2.23. The van der Waals surface area contributed by atoms with Gasteiger partial charge < -0.3 is 10.1 Å². The predicted molar refractivity (Wildman–Crippen MR) is 101 cm³/mol. The summed E-state index contributed by atoms with van der Waals surface area (Å²) in [5.74, 6) is -0.297. The number of sulfonamides is 1. The Balaban J connectivity index is 1.67. The van der Waals surface area contributed by atoms with E-state index in [2.05, 4.69) is 15.0 Å². The van der Waals surface area contributed by atoms with Crippen LogP contribution in [-0.4, -0.2) is 33.2 Å². The highest BCUT2D eigenvalue weighted by Crippen LogP contribution is 2.30. The third-order valence-corrected chi connectivity index (χ3v) is 6.66. The van der Waals surface area contributed by atoms with Crippen LogP contribution in [0.4, 0.5) is 15.2 Å². The number of hydrogen-bond acceptors (Lipinski definition) is 6. The largest absolute Gasteiger partial charge is 0.384 e. The van der Waals surface area contributed by atoms with E-state index in [0.29, 0.717) is 18.2 Å². The Hall–Kier alpha value is -1.42. The molecule has 0 spiro atoms. The molecule has 1 fully saturated rings. The third-order valence-electron chi connectivity index (χ3n) is 4.17. The van der Waals surface area contributed by atoms with E-state index >= 15 is 0 Å². The zero-order chi connectivity index (χ0) is 18.6. The van der Waals surface area contributed by atoms with E-state index in [4.69, 9.17) is 16.3 Å². The summed E-state index contributed by atoms with van der Waals surface area (Å²) in [6.45, 7) is 2.19. The molecule has 1 aliphatic heterocycles. The SMILES string of the molecule is O=S(=O)(Nc1nccs1)c1cc(Cl)c(NCCC2CCOCC2)cc1F. The fourth-order valence-corrected chi connectivity index (χ4v) is 4.93. The number of benzene rings is 1. The summed E-state index contributed by atoms with van der Waals surface area (Å²) in [6.07, 6.45) is 4.41. The van der Waals surface area contributed by atoms with Gasteiger partial charge in [-0.15, -0.1) is 11.3 Å². The third kappa shape index (κ3) is 4.85. The first-order chi connectivity index (χ1) is 12.5. The van der Waals surface area contributed by atoms with Gasteiger partial charge in [0.1, 0.15) is 10.7 Å². The molecule has 1 saturated heterocycles. The van der Waals surface area contributed by atoms with Crippen LogP contribution in [0.25, 0.3) is 0 Å². The molecule has 0 amide bonds. The predicted octanol–water partition coefficient (Wildman–Crippen LogP) is 3.97. The van der Waals surface area contributed by atoms with Gasteiger partial charge in [-0.05, 0) is 37.3 Å². The van der Waals surface area contributed by atoms with Crippen molar-refractivity contribution in [3.05, 3.63) is 34.5 Å². The minimum absolute atomic E-state index is 0.151. The molecule has 1 aliphatic rings. The van der Waals surface area contributed by atoms with Crippen molar-refractivity contribution in [2.24, 2.45) is 5.92 Å². The number of nitrogens with zero attached hydrogens (tertiary/aromatic N) is 1. The van der Waals surface area contributed by atoms with Crippen LogP contribution < -0.4 is 10.0 Å². The van der Waals surface area contributed by atoms with Crippen molar-refractivity contribution in [2.45, 2.75) is 24.2 Å². The van der Waals surface area contributed by atoms with Gasteiger partial charge in [-0.1, -0.05) is 11.6 Å². The van der Waals surface area contributed by atoms with Crippen LogP contribution in [-0.2, 0) is 14.8 Å². The Morgan fingerprint density at radius 3 is 2.81 bits per heavy atom. The molecule has 2 heterocycles. The molecule has 0 unspecified atom stereocenters. The van der Waals surface area contributed by atoms with Gasteiger partial charge in [0, 0.05) is 31.3 Å². The Labute approximate surface area is 160 Å². The number of nitrogens with one attached hydrogen (secondary N) is 2. The molecule has 26 heavy (non-hydrogen) atoms. The molecule has 0 bridgehead atoms. The Morgan fingerprint density at radius 2 is 2.12 bits per heavy atom. The first-order valence-electron chi connectivity index (χ1n) is 8.18. The molecule has 10 heteroatoms. The van der Waals surface area contributed by atoms with Gasteiger partial charge in [-0.2, -0.15) is 0 Å². The van der Waals surface area contributed by atoms with Crippen LogP contribution >= 0.6 is 22.9 Å².